The first-order chi connectivity index (χ1) is 7.20. The van der Waals surface area contributed by atoms with Gasteiger partial charge in [-0.2, -0.15) is 5.10 Å². The van der Waals surface area contributed by atoms with E-state index in [4.69, 9.17) is 10.5 Å². The van der Waals surface area contributed by atoms with Crippen LogP contribution in [-0.4, -0.2) is 21.9 Å². The van der Waals surface area contributed by atoms with E-state index in [9.17, 15) is 0 Å². The Bertz CT molecular complexity index is 478. The lowest BCUT2D eigenvalue weighted by molar-refractivity contribution is 0.415. The standard InChI is InChI=1S/C10H12N4O/c1-14-6-7(5-12-14)8-3-4-9(15-2)10(11)13-8/h3-6H,1-2H3,(H2,11,13). The van der Waals surface area contributed by atoms with E-state index >= 15 is 0 Å². The molecule has 0 unspecified atom stereocenters. The number of nitrogen functional groups attached to an aromatic ring is 1. The first-order valence-electron chi connectivity index (χ1n) is 4.50. The van der Waals surface area contributed by atoms with Crippen molar-refractivity contribution in [2.45, 2.75) is 0 Å². The minimum atomic E-state index is 0.388. The summed E-state index contributed by atoms with van der Waals surface area (Å²) in [6, 6.07) is 3.65. The minimum Gasteiger partial charge on any atom is -0.493 e. The molecule has 0 fully saturated rings. The van der Waals surface area contributed by atoms with Crippen molar-refractivity contribution in [3.05, 3.63) is 24.5 Å². The molecule has 0 atom stereocenters. The summed E-state index contributed by atoms with van der Waals surface area (Å²) in [6.07, 6.45) is 3.63. The monoisotopic (exact) mass is 204 g/mol. The number of hydrogen-bond acceptors (Lipinski definition) is 4. The van der Waals surface area contributed by atoms with Crippen molar-refractivity contribution in [3.63, 3.8) is 0 Å². The van der Waals surface area contributed by atoms with Crippen LogP contribution in [0.15, 0.2) is 24.5 Å². The Morgan fingerprint density at radius 1 is 1.40 bits per heavy atom. The molecule has 0 bridgehead atoms. The molecule has 0 aliphatic rings. The second kappa shape index (κ2) is 3.61. The van der Waals surface area contributed by atoms with Crippen molar-refractivity contribution < 1.29 is 4.74 Å². The number of aromatic nitrogens is 3. The Balaban J connectivity index is 2.42. The van der Waals surface area contributed by atoms with Crippen LogP contribution in [0.2, 0.25) is 0 Å². The van der Waals surface area contributed by atoms with E-state index in [0.29, 0.717) is 11.6 Å². The fourth-order valence-electron chi connectivity index (χ4n) is 1.35. The van der Waals surface area contributed by atoms with Gasteiger partial charge >= 0.3 is 0 Å². The van der Waals surface area contributed by atoms with Gasteiger partial charge in [0, 0.05) is 18.8 Å². The third-order valence-electron chi connectivity index (χ3n) is 2.11. The zero-order valence-electron chi connectivity index (χ0n) is 8.64. The van der Waals surface area contributed by atoms with Crippen molar-refractivity contribution in [1.82, 2.24) is 14.8 Å². The van der Waals surface area contributed by atoms with Crippen molar-refractivity contribution in [1.29, 1.82) is 0 Å². The number of methoxy groups -OCH3 is 1. The van der Waals surface area contributed by atoms with Crippen LogP contribution in [0, 0.1) is 0 Å². The molecule has 0 amide bonds. The topological polar surface area (TPSA) is 66.0 Å². The molecule has 5 nitrogen and oxygen atoms in total. The molecule has 5 heteroatoms. The Morgan fingerprint density at radius 3 is 2.73 bits per heavy atom. The number of nitrogens with zero attached hydrogens (tertiary/aromatic N) is 3. The zero-order valence-corrected chi connectivity index (χ0v) is 8.64. The summed E-state index contributed by atoms with van der Waals surface area (Å²) in [6.45, 7) is 0. The maximum Gasteiger partial charge on any atom is 0.166 e. The molecule has 15 heavy (non-hydrogen) atoms. The molecule has 0 saturated carbocycles. The van der Waals surface area contributed by atoms with Crippen LogP contribution >= 0.6 is 0 Å². The average molecular weight is 204 g/mol. The van der Waals surface area contributed by atoms with Gasteiger partial charge < -0.3 is 10.5 Å². The third kappa shape index (κ3) is 1.76. The lowest BCUT2D eigenvalue weighted by atomic mass is 10.2. The quantitative estimate of drug-likeness (QED) is 0.794. The molecule has 0 aromatic carbocycles. The second-order valence-electron chi connectivity index (χ2n) is 3.19. The number of ether oxygens (including phenoxy) is 1. The first-order valence-corrected chi connectivity index (χ1v) is 4.50. The van der Waals surface area contributed by atoms with E-state index in [1.165, 1.54) is 0 Å². The van der Waals surface area contributed by atoms with E-state index in [1.54, 1.807) is 24.1 Å². The van der Waals surface area contributed by atoms with Crippen LogP contribution in [0.5, 0.6) is 5.75 Å². The number of rotatable bonds is 2. The molecule has 2 N–H and O–H groups in total. The molecular weight excluding hydrogens is 192 g/mol. The summed E-state index contributed by atoms with van der Waals surface area (Å²) in [5.74, 6) is 0.974. The lowest BCUT2D eigenvalue weighted by Crippen LogP contribution is -1.96. The highest BCUT2D eigenvalue weighted by Gasteiger charge is 2.05. The van der Waals surface area contributed by atoms with Crippen molar-refractivity contribution in [3.8, 4) is 17.0 Å². The van der Waals surface area contributed by atoms with Gasteiger partial charge in [0.05, 0.1) is 19.0 Å². The van der Waals surface area contributed by atoms with Crippen LogP contribution in [0.3, 0.4) is 0 Å². The van der Waals surface area contributed by atoms with Crippen LogP contribution in [0.4, 0.5) is 5.82 Å². The molecule has 2 aromatic rings. The maximum atomic E-state index is 5.71. The molecule has 2 rings (SSSR count). The van der Waals surface area contributed by atoms with Gasteiger partial charge in [-0.15, -0.1) is 0 Å². The van der Waals surface area contributed by atoms with E-state index < -0.39 is 0 Å². The number of pyridine rings is 1. The molecule has 2 heterocycles. The average Bonchev–Trinajstić information content (AvgIpc) is 2.65. The first kappa shape index (κ1) is 9.51. The van der Waals surface area contributed by atoms with Gasteiger partial charge in [-0.3, -0.25) is 4.68 Å². The number of hydrogen-bond donors (Lipinski definition) is 1. The molecular formula is C10H12N4O. The number of anilines is 1. The molecule has 0 spiro atoms. The Morgan fingerprint density at radius 2 is 2.20 bits per heavy atom. The predicted octanol–water partition coefficient (Wildman–Crippen LogP) is 1.07. The largest absolute Gasteiger partial charge is 0.493 e. The number of aryl methyl sites for hydroxylation is 1. The summed E-state index contributed by atoms with van der Waals surface area (Å²) in [4.78, 5) is 4.23. The molecule has 0 saturated heterocycles. The normalized spacial score (nSPS) is 10.3. The zero-order chi connectivity index (χ0) is 10.8. The Labute approximate surface area is 87.5 Å². The van der Waals surface area contributed by atoms with Crippen LogP contribution in [-0.2, 0) is 7.05 Å². The second-order valence-corrected chi connectivity index (χ2v) is 3.19. The highest BCUT2D eigenvalue weighted by atomic mass is 16.5. The highest BCUT2D eigenvalue weighted by molar-refractivity contribution is 5.62. The predicted molar refractivity (Wildman–Crippen MR) is 57.4 cm³/mol. The van der Waals surface area contributed by atoms with Crippen LogP contribution in [0.25, 0.3) is 11.3 Å². The summed E-state index contributed by atoms with van der Waals surface area (Å²) >= 11 is 0. The van der Waals surface area contributed by atoms with E-state index in [2.05, 4.69) is 10.1 Å². The molecule has 0 radical (unpaired) electrons. The number of nitrogens with two attached hydrogens (primary N) is 1. The van der Waals surface area contributed by atoms with Gasteiger partial charge in [0.15, 0.2) is 11.6 Å². The lowest BCUT2D eigenvalue weighted by Gasteiger charge is -2.04. The minimum absolute atomic E-state index is 0.388. The highest BCUT2D eigenvalue weighted by Crippen LogP contribution is 2.23. The third-order valence-corrected chi connectivity index (χ3v) is 2.11. The van der Waals surface area contributed by atoms with Gasteiger partial charge in [0.25, 0.3) is 0 Å². The van der Waals surface area contributed by atoms with Gasteiger partial charge in [0.1, 0.15) is 0 Å². The fraction of sp³-hybridized carbons (Fsp3) is 0.200. The van der Waals surface area contributed by atoms with Crippen molar-refractivity contribution in [2.75, 3.05) is 12.8 Å². The van der Waals surface area contributed by atoms with Crippen LogP contribution < -0.4 is 10.5 Å². The molecule has 0 aliphatic carbocycles. The smallest absolute Gasteiger partial charge is 0.166 e. The fourth-order valence-corrected chi connectivity index (χ4v) is 1.35. The molecule has 78 valence electrons. The summed E-state index contributed by atoms with van der Waals surface area (Å²) in [5.41, 5.74) is 7.44. The van der Waals surface area contributed by atoms with Crippen LogP contribution in [0.1, 0.15) is 0 Å². The molecule has 0 aliphatic heterocycles. The maximum absolute atomic E-state index is 5.71. The summed E-state index contributed by atoms with van der Waals surface area (Å²) < 4.78 is 6.75. The Kier molecular flexibility index (Phi) is 2.29. The van der Waals surface area contributed by atoms with Gasteiger partial charge in [0.2, 0.25) is 0 Å². The van der Waals surface area contributed by atoms with E-state index in [1.807, 2.05) is 19.3 Å². The van der Waals surface area contributed by atoms with Gasteiger partial charge in [-0.25, -0.2) is 4.98 Å². The van der Waals surface area contributed by atoms with Crippen molar-refractivity contribution >= 4 is 5.82 Å². The Hall–Kier alpha value is -2.04. The van der Waals surface area contributed by atoms with E-state index in [0.717, 1.165) is 11.3 Å². The van der Waals surface area contributed by atoms with Gasteiger partial charge in [-0.1, -0.05) is 0 Å². The summed E-state index contributed by atoms with van der Waals surface area (Å²) in [5, 5.41) is 4.07. The molecule has 2 aromatic heterocycles. The summed E-state index contributed by atoms with van der Waals surface area (Å²) in [7, 11) is 3.42. The van der Waals surface area contributed by atoms with E-state index in [-0.39, 0.29) is 0 Å². The van der Waals surface area contributed by atoms with Gasteiger partial charge in [-0.05, 0) is 12.1 Å². The SMILES string of the molecule is COc1ccc(-c2cnn(C)c2)nc1N. The van der Waals surface area contributed by atoms with Crippen molar-refractivity contribution in [2.24, 2.45) is 7.05 Å².